The average Bonchev–Trinajstić information content (AvgIpc) is 2.43. The molecule has 0 aromatic heterocycles. The maximum Gasteiger partial charge on any atom is 0.0385 e. The highest BCUT2D eigenvalue weighted by Gasteiger charge is 2.18. The lowest BCUT2D eigenvalue weighted by Crippen LogP contribution is -2.36. The summed E-state index contributed by atoms with van der Waals surface area (Å²) in [5.74, 6) is 0. The molecular weight excluding hydrogens is 176 g/mol. The minimum Gasteiger partial charge on any atom is -0.300 e. The van der Waals surface area contributed by atoms with Gasteiger partial charge in [0.1, 0.15) is 0 Å². The summed E-state index contributed by atoms with van der Waals surface area (Å²) in [5.41, 5.74) is 8.21. The molecule has 4 heteroatoms. The molecule has 1 fully saturated rings. The molecule has 14 heavy (non-hydrogen) atoms. The van der Waals surface area contributed by atoms with Gasteiger partial charge in [-0.3, -0.25) is 0 Å². The van der Waals surface area contributed by atoms with E-state index in [1.165, 1.54) is 38.6 Å². The second kappa shape index (κ2) is 6.68. The van der Waals surface area contributed by atoms with E-state index in [2.05, 4.69) is 21.8 Å². The molecule has 1 unspecified atom stereocenters. The fourth-order valence-corrected chi connectivity index (χ4v) is 2.21. The number of azide groups is 1. The van der Waals surface area contributed by atoms with Crippen molar-refractivity contribution >= 4 is 0 Å². The van der Waals surface area contributed by atoms with Crippen molar-refractivity contribution in [2.24, 2.45) is 5.11 Å². The van der Waals surface area contributed by atoms with Gasteiger partial charge in [0.15, 0.2) is 0 Å². The SMILES string of the molecule is CCC1CCCCCN1CCN=[N+]=[N-]. The van der Waals surface area contributed by atoms with Crippen LogP contribution in [0.4, 0.5) is 0 Å². The predicted molar refractivity (Wildman–Crippen MR) is 58.1 cm³/mol. The normalized spacial score (nSPS) is 23.9. The van der Waals surface area contributed by atoms with Crippen molar-refractivity contribution in [3.8, 4) is 0 Å². The lowest BCUT2D eigenvalue weighted by atomic mass is 10.1. The van der Waals surface area contributed by atoms with Crippen LogP contribution in [0.15, 0.2) is 5.11 Å². The highest BCUT2D eigenvalue weighted by atomic mass is 15.2. The predicted octanol–water partition coefficient (Wildman–Crippen LogP) is 2.95. The van der Waals surface area contributed by atoms with E-state index < -0.39 is 0 Å². The first kappa shape index (κ1) is 11.3. The number of rotatable bonds is 4. The maximum atomic E-state index is 8.21. The Bertz CT molecular complexity index is 198. The van der Waals surface area contributed by atoms with Gasteiger partial charge in [-0.15, -0.1) is 0 Å². The number of likely N-dealkylation sites (tertiary alicyclic amines) is 1. The Morgan fingerprint density at radius 3 is 3.00 bits per heavy atom. The van der Waals surface area contributed by atoms with Crippen molar-refractivity contribution < 1.29 is 0 Å². The highest BCUT2D eigenvalue weighted by molar-refractivity contribution is 4.74. The molecule has 4 nitrogen and oxygen atoms in total. The Balaban J connectivity index is 2.39. The number of hydrogen-bond acceptors (Lipinski definition) is 2. The van der Waals surface area contributed by atoms with Gasteiger partial charge < -0.3 is 4.90 Å². The Morgan fingerprint density at radius 1 is 1.43 bits per heavy atom. The van der Waals surface area contributed by atoms with Gasteiger partial charge >= 0.3 is 0 Å². The smallest absolute Gasteiger partial charge is 0.0385 e. The molecule has 0 bridgehead atoms. The van der Waals surface area contributed by atoms with E-state index in [1.807, 2.05) is 0 Å². The van der Waals surface area contributed by atoms with Gasteiger partial charge in [-0.05, 0) is 31.3 Å². The van der Waals surface area contributed by atoms with Gasteiger partial charge in [0.05, 0.1) is 0 Å². The lowest BCUT2D eigenvalue weighted by Gasteiger charge is -2.28. The molecule has 0 spiro atoms. The number of hydrogen-bond donors (Lipinski definition) is 0. The molecule has 1 rings (SSSR count). The van der Waals surface area contributed by atoms with Gasteiger partial charge in [-0.2, -0.15) is 0 Å². The van der Waals surface area contributed by atoms with Crippen molar-refractivity contribution in [2.75, 3.05) is 19.6 Å². The zero-order chi connectivity index (χ0) is 10.2. The molecule has 0 saturated carbocycles. The molecule has 0 aromatic carbocycles. The largest absolute Gasteiger partial charge is 0.300 e. The zero-order valence-electron chi connectivity index (χ0n) is 9.02. The molecule has 1 atom stereocenters. The van der Waals surface area contributed by atoms with Crippen LogP contribution < -0.4 is 0 Å². The molecule has 1 saturated heterocycles. The monoisotopic (exact) mass is 196 g/mol. The van der Waals surface area contributed by atoms with Crippen molar-refractivity contribution in [3.05, 3.63) is 10.4 Å². The average molecular weight is 196 g/mol. The van der Waals surface area contributed by atoms with Crippen molar-refractivity contribution in [2.45, 2.75) is 45.1 Å². The second-order valence-corrected chi connectivity index (χ2v) is 3.90. The van der Waals surface area contributed by atoms with Crippen LogP contribution in [0.2, 0.25) is 0 Å². The van der Waals surface area contributed by atoms with Crippen molar-refractivity contribution in [1.29, 1.82) is 0 Å². The molecule has 1 heterocycles. The lowest BCUT2D eigenvalue weighted by molar-refractivity contribution is 0.200. The van der Waals surface area contributed by atoms with E-state index in [-0.39, 0.29) is 0 Å². The fraction of sp³-hybridized carbons (Fsp3) is 1.00. The molecule has 1 aliphatic heterocycles. The summed E-state index contributed by atoms with van der Waals surface area (Å²) < 4.78 is 0. The first-order valence-electron chi connectivity index (χ1n) is 5.63. The van der Waals surface area contributed by atoms with Crippen LogP contribution in [-0.2, 0) is 0 Å². The summed E-state index contributed by atoms with van der Waals surface area (Å²) >= 11 is 0. The van der Waals surface area contributed by atoms with Gasteiger partial charge in [-0.1, -0.05) is 24.9 Å². The Labute approximate surface area is 85.9 Å². The van der Waals surface area contributed by atoms with E-state index in [1.54, 1.807) is 0 Å². The van der Waals surface area contributed by atoms with Gasteiger partial charge in [0.2, 0.25) is 0 Å². The maximum absolute atomic E-state index is 8.21. The van der Waals surface area contributed by atoms with Gasteiger partial charge in [0.25, 0.3) is 0 Å². The summed E-state index contributed by atoms with van der Waals surface area (Å²) in [5, 5.41) is 3.60. The van der Waals surface area contributed by atoms with Crippen LogP contribution >= 0.6 is 0 Å². The summed E-state index contributed by atoms with van der Waals surface area (Å²) in [6, 6.07) is 0.714. The van der Waals surface area contributed by atoms with E-state index in [4.69, 9.17) is 5.53 Å². The first-order valence-corrected chi connectivity index (χ1v) is 5.63. The molecule has 0 aliphatic carbocycles. The number of nitrogens with zero attached hydrogens (tertiary/aromatic N) is 4. The summed E-state index contributed by atoms with van der Waals surface area (Å²) in [6.45, 7) is 4.98. The third-order valence-electron chi connectivity index (χ3n) is 3.02. The second-order valence-electron chi connectivity index (χ2n) is 3.90. The van der Waals surface area contributed by atoms with E-state index in [0.717, 1.165) is 6.54 Å². The van der Waals surface area contributed by atoms with Crippen molar-refractivity contribution in [1.82, 2.24) is 4.90 Å². The quantitative estimate of drug-likeness (QED) is 0.387. The van der Waals surface area contributed by atoms with Crippen LogP contribution in [0.1, 0.15) is 39.0 Å². The van der Waals surface area contributed by atoms with Crippen LogP contribution in [0, 0.1) is 0 Å². The molecule has 80 valence electrons. The Kier molecular flexibility index (Phi) is 5.42. The minimum absolute atomic E-state index is 0.618. The molecule has 0 aromatic rings. The topological polar surface area (TPSA) is 52.0 Å². The fourth-order valence-electron chi connectivity index (χ4n) is 2.21. The summed E-state index contributed by atoms with van der Waals surface area (Å²) in [6.07, 6.45) is 6.54. The standard InChI is InChI=1S/C10H20N4/c1-2-10-6-4-3-5-8-14(10)9-7-12-13-11/h10H,2-9H2,1H3. The Morgan fingerprint density at radius 2 is 2.29 bits per heavy atom. The molecule has 0 N–H and O–H groups in total. The van der Waals surface area contributed by atoms with E-state index in [9.17, 15) is 0 Å². The molecule has 0 radical (unpaired) electrons. The third kappa shape index (κ3) is 3.56. The molecule has 1 aliphatic rings. The molecular formula is C10H20N4. The van der Waals surface area contributed by atoms with E-state index in [0.29, 0.717) is 12.6 Å². The first-order chi connectivity index (χ1) is 6.88. The van der Waals surface area contributed by atoms with Crippen LogP contribution in [0.3, 0.4) is 0 Å². The summed E-state index contributed by atoms with van der Waals surface area (Å²) in [4.78, 5) is 5.28. The van der Waals surface area contributed by atoms with Crippen LogP contribution in [-0.4, -0.2) is 30.6 Å². The molecule has 0 amide bonds. The van der Waals surface area contributed by atoms with Gasteiger partial charge in [0, 0.05) is 24.0 Å². The van der Waals surface area contributed by atoms with Crippen LogP contribution in [0.25, 0.3) is 10.4 Å². The third-order valence-corrected chi connectivity index (χ3v) is 3.02. The zero-order valence-corrected chi connectivity index (χ0v) is 9.02. The van der Waals surface area contributed by atoms with Crippen LogP contribution in [0.5, 0.6) is 0 Å². The highest BCUT2D eigenvalue weighted by Crippen LogP contribution is 2.18. The Hall–Kier alpha value is -0.730. The minimum atomic E-state index is 0.618. The van der Waals surface area contributed by atoms with Crippen molar-refractivity contribution in [3.63, 3.8) is 0 Å². The summed E-state index contributed by atoms with van der Waals surface area (Å²) in [7, 11) is 0. The van der Waals surface area contributed by atoms with Gasteiger partial charge in [-0.25, -0.2) is 0 Å². The van der Waals surface area contributed by atoms with E-state index >= 15 is 0 Å².